The van der Waals surface area contributed by atoms with E-state index in [-0.39, 0.29) is 0 Å². The number of nitrogens with two attached hydrogens (primary N) is 1. The molecule has 1 aromatic heterocycles. The largest absolute Gasteiger partial charge is 0.398 e. The molecule has 1 heterocycles. The number of thiophene rings is 1. The van der Waals surface area contributed by atoms with Gasteiger partial charge in [0, 0.05) is 29.7 Å². The lowest BCUT2D eigenvalue weighted by molar-refractivity contribution is 0.213. The number of rotatable bonds is 8. The summed E-state index contributed by atoms with van der Waals surface area (Å²) in [6, 6.07) is 13.1. The van der Waals surface area contributed by atoms with Gasteiger partial charge in [-0.05, 0) is 30.1 Å². The van der Waals surface area contributed by atoms with E-state index in [2.05, 4.69) is 54.4 Å². The Morgan fingerprint density at radius 3 is 2.43 bits per heavy atom. The highest BCUT2D eigenvalue weighted by Crippen LogP contribution is 2.21. The predicted octanol–water partition coefficient (Wildman–Crippen LogP) is 3.50. The van der Waals surface area contributed by atoms with Crippen LogP contribution < -0.4 is 11.1 Å². The topological polar surface area (TPSA) is 41.3 Å². The Morgan fingerprint density at radius 1 is 1.14 bits per heavy atom. The molecule has 0 saturated carbocycles. The summed E-state index contributed by atoms with van der Waals surface area (Å²) in [5, 5.41) is 5.61. The molecule has 0 spiro atoms. The molecule has 0 aliphatic heterocycles. The van der Waals surface area contributed by atoms with E-state index in [0.717, 1.165) is 31.9 Å². The lowest BCUT2D eigenvalue weighted by Gasteiger charge is -2.30. The minimum absolute atomic E-state index is 0.405. The van der Waals surface area contributed by atoms with E-state index in [4.69, 9.17) is 5.73 Å². The van der Waals surface area contributed by atoms with Crippen LogP contribution in [0.15, 0.2) is 41.8 Å². The highest BCUT2D eigenvalue weighted by atomic mass is 32.1. The van der Waals surface area contributed by atoms with Crippen molar-refractivity contribution in [3.8, 4) is 0 Å². The SMILES string of the molecule is CCN(CC)C(CNCc1sccc1N)c1ccccc1. The number of benzene rings is 1. The lowest BCUT2D eigenvalue weighted by atomic mass is 10.1. The molecule has 1 aromatic carbocycles. The van der Waals surface area contributed by atoms with Crippen LogP contribution in [-0.4, -0.2) is 24.5 Å². The summed E-state index contributed by atoms with van der Waals surface area (Å²) in [4.78, 5) is 3.71. The molecule has 2 rings (SSSR count). The first kappa shape index (κ1) is 16.0. The third kappa shape index (κ3) is 4.30. The molecule has 0 fully saturated rings. The van der Waals surface area contributed by atoms with Crippen molar-refractivity contribution >= 4 is 17.0 Å². The van der Waals surface area contributed by atoms with Crippen molar-refractivity contribution in [1.82, 2.24) is 10.2 Å². The van der Waals surface area contributed by atoms with Crippen molar-refractivity contribution in [3.05, 3.63) is 52.2 Å². The third-order valence-corrected chi connectivity index (χ3v) is 4.78. The second kappa shape index (κ2) is 8.17. The molecule has 4 heteroatoms. The molecular weight excluding hydrogens is 278 g/mol. The van der Waals surface area contributed by atoms with Gasteiger partial charge in [-0.1, -0.05) is 44.2 Å². The van der Waals surface area contributed by atoms with Crippen LogP contribution in [0.5, 0.6) is 0 Å². The van der Waals surface area contributed by atoms with Crippen molar-refractivity contribution in [1.29, 1.82) is 0 Å². The summed E-state index contributed by atoms with van der Waals surface area (Å²) in [5.74, 6) is 0. The maximum atomic E-state index is 5.94. The minimum Gasteiger partial charge on any atom is -0.398 e. The Bertz CT molecular complexity index is 520. The van der Waals surface area contributed by atoms with E-state index in [0.29, 0.717) is 6.04 Å². The highest BCUT2D eigenvalue weighted by Gasteiger charge is 2.17. The van der Waals surface area contributed by atoms with Crippen molar-refractivity contribution in [2.24, 2.45) is 0 Å². The van der Waals surface area contributed by atoms with Gasteiger partial charge in [0.1, 0.15) is 0 Å². The summed E-state index contributed by atoms with van der Waals surface area (Å²) in [6.45, 7) is 8.32. The molecule has 0 bridgehead atoms. The lowest BCUT2D eigenvalue weighted by Crippen LogP contribution is -2.35. The Labute approximate surface area is 131 Å². The van der Waals surface area contributed by atoms with Crippen molar-refractivity contribution in [2.45, 2.75) is 26.4 Å². The summed E-state index contributed by atoms with van der Waals surface area (Å²) in [6.07, 6.45) is 0. The fourth-order valence-electron chi connectivity index (χ4n) is 2.61. The first-order chi connectivity index (χ1) is 10.3. The molecule has 0 amide bonds. The van der Waals surface area contributed by atoms with Gasteiger partial charge in [0.15, 0.2) is 0 Å². The van der Waals surface area contributed by atoms with E-state index in [1.807, 2.05) is 11.4 Å². The molecule has 0 radical (unpaired) electrons. The predicted molar refractivity (Wildman–Crippen MR) is 92.5 cm³/mol. The third-order valence-electron chi connectivity index (χ3n) is 3.84. The number of anilines is 1. The van der Waals surface area contributed by atoms with Crippen LogP contribution in [-0.2, 0) is 6.54 Å². The van der Waals surface area contributed by atoms with Crippen LogP contribution in [0.25, 0.3) is 0 Å². The molecule has 0 saturated heterocycles. The van der Waals surface area contributed by atoms with Crippen LogP contribution >= 0.6 is 11.3 Å². The molecule has 1 atom stereocenters. The molecule has 0 aliphatic rings. The molecular formula is C17H25N3S. The average Bonchev–Trinajstić information content (AvgIpc) is 2.93. The molecule has 3 nitrogen and oxygen atoms in total. The quantitative estimate of drug-likeness (QED) is 0.784. The van der Waals surface area contributed by atoms with Gasteiger partial charge in [-0.15, -0.1) is 11.3 Å². The Hall–Kier alpha value is -1.36. The summed E-state index contributed by atoms with van der Waals surface area (Å²) in [5.41, 5.74) is 8.20. The zero-order valence-corrected chi connectivity index (χ0v) is 13.7. The molecule has 3 N–H and O–H groups in total. The Morgan fingerprint density at radius 2 is 1.86 bits per heavy atom. The second-order valence-corrected chi connectivity index (χ2v) is 6.08. The van der Waals surface area contributed by atoms with Crippen molar-refractivity contribution in [2.75, 3.05) is 25.4 Å². The van der Waals surface area contributed by atoms with E-state index in [9.17, 15) is 0 Å². The number of hydrogen-bond acceptors (Lipinski definition) is 4. The maximum absolute atomic E-state index is 5.94. The molecule has 114 valence electrons. The number of likely N-dealkylation sites (N-methyl/N-ethyl adjacent to an activating group) is 1. The van der Waals surface area contributed by atoms with E-state index < -0.39 is 0 Å². The summed E-state index contributed by atoms with van der Waals surface area (Å²) >= 11 is 1.72. The fraction of sp³-hybridized carbons (Fsp3) is 0.412. The van der Waals surface area contributed by atoms with E-state index >= 15 is 0 Å². The minimum atomic E-state index is 0.405. The molecule has 0 aliphatic carbocycles. The average molecular weight is 303 g/mol. The molecule has 1 unspecified atom stereocenters. The van der Waals surface area contributed by atoms with Gasteiger partial charge in [0.05, 0.1) is 0 Å². The Kier molecular flexibility index (Phi) is 6.23. The molecule has 2 aromatic rings. The van der Waals surface area contributed by atoms with Crippen molar-refractivity contribution < 1.29 is 0 Å². The zero-order valence-electron chi connectivity index (χ0n) is 12.9. The summed E-state index contributed by atoms with van der Waals surface area (Å²) in [7, 11) is 0. The number of hydrogen-bond donors (Lipinski definition) is 2. The standard InChI is InChI=1S/C17H25N3S/c1-3-20(4-2)16(14-8-6-5-7-9-14)12-19-13-17-15(18)10-11-21-17/h5-11,16,19H,3-4,12-13,18H2,1-2H3. The van der Waals surface area contributed by atoms with Gasteiger partial charge < -0.3 is 11.1 Å². The van der Waals surface area contributed by atoms with Crippen LogP contribution in [0.2, 0.25) is 0 Å². The van der Waals surface area contributed by atoms with Gasteiger partial charge >= 0.3 is 0 Å². The number of nitrogens with zero attached hydrogens (tertiary/aromatic N) is 1. The van der Waals surface area contributed by atoms with Gasteiger partial charge in [0.2, 0.25) is 0 Å². The van der Waals surface area contributed by atoms with Crippen molar-refractivity contribution in [3.63, 3.8) is 0 Å². The number of nitrogen functional groups attached to an aromatic ring is 1. The Balaban J connectivity index is 2.01. The van der Waals surface area contributed by atoms with Gasteiger partial charge in [-0.25, -0.2) is 0 Å². The van der Waals surface area contributed by atoms with Crippen LogP contribution in [0, 0.1) is 0 Å². The van der Waals surface area contributed by atoms with E-state index in [1.54, 1.807) is 11.3 Å². The molecule has 21 heavy (non-hydrogen) atoms. The first-order valence-corrected chi connectivity index (χ1v) is 8.45. The zero-order chi connectivity index (χ0) is 15.1. The van der Waals surface area contributed by atoms with Crippen LogP contribution in [0.4, 0.5) is 5.69 Å². The normalized spacial score (nSPS) is 12.7. The van der Waals surface area contributed by atoms with Gasteiger partial charge in [-0.3, -0.25) is 4.90 Å². The van der Waals surface area contributed by atoms with E-state index in [1.165, 1.54) is 10.4 Å². The first-order valence-electron chi connectivity index (χ1n) is 7.57. The fourth-order valence-corrected chi connectivity index (χ4v) is 3.38. The summed E-state index contributed by atoms with van der Waals surface area (Å²) < 4.78 is 0. The van der Waals surface area contributed by atoms with Gasteiger partial charge in [0.25, 0.3) is 0 Å². The van der Waals surface area contributed by atoms with Crippen LogP contribution in [0.1, 0.15) is 30.3 Å². The maximum Gasteiger partial charge on any atom is 0.0472 e. The monoisotopic (exact) mass is 303 g/mol. The highest BCUT2D eigenvalue weighted by molar-refractivity contribution is 7.10. The van der Waals surface area contributed by atoms with Gasteiger partial charge in [-0.2, -0.15) is 0 Å². The number of nitrogens with one attached hydrogen (secondary N) is 1. The van der Waals surface area contributed by atoms with Crippen LogP contribution in [0.3, 0.4) is 0 Å². The second-order valence-electron chi connectivity index (χ2n) is 5.08. The smallest absolute Gasteiger partial charge is 0.0472 e.